The van der Waals surface area contributed by atoms with Gasteiger partial charge < -0.3 is 9.47 Å². The van der Waals surface area contributed by atoms with Crippen LogP contribution in [0.15, 0.2) is 82.8 Å². The molecule has 4 rings (SSSR count). The van der Waals surface area contributed by atoms with Crippen molar-refractivity contribution in [1.29, 1.82) is 0 Å². The van der Waals surface area contributed by atoms with E-state index in [-0.39, 0.29) is 11.3 Å². The van der Waals surface area contributed by atoms with Crippen LogP contribution in [0.5, 0.6) is 11.5 Å². The quantitative estimate of drug-likeness (QED) is 0.232. The lowest BCUT2D eigenvalue weighted by molar-refractivity contribution is -0.122. The van der Waals surface area contributed by atoms with E-state index in [1.807, 2.05) is 0 Å². The average molecular weight is 521 g/mol. The topological polar surface area (TPSA) is 102 Å². The largest absolute Gasteiger partial charge is 0.497 e. The zero-order valence-electron chi connectivity index (χ0n) is 17.8. The van der Waals surface area contributed by atoms with E-state index in [4.69, 9.17) is 9.47 Å². The molecule has 0 aliphatic carbocycles. The number of amides is 4. The van der Waals surface area contributed by atoms with Gasteiger partial charge in [-0.2, -0.15) is 0 Å². The number of barbiturate groups is 1. The summed E-state index contributed by atoms with van der Waals surface area (Å²) in [6.45, 7) is 0. The Labute approximate surface area is 202 Å². The molecule has 0 radical (unpaired) electrons. The third-order valence-corrected chi connectivity index (χ3v) is 5.46. The van der Waals surface area contributed by atoms with Crippen molar-refractivity contribution in [2.24, 2.45) is 0 Å². The number of para-hydroxylation sites is 1. The number of rotatable bonds is 5. The van der Waals surface area contributed by atoms with Gasteiger partial charge in [-0.1, -0.05) is 34.1 Å². The molecule has 1 saturated heterocycles. The Morgan fingerprint density at radius 1 is 0.941 bits per heavy atom. The summed E-state index contributed by atoms with van der Waals surface area (Å²) in [6.07, 6.45) is 1.28. The summed E-state index contributed by atoms with van der Waals surface area (Å²) in [6, 6.07) is 18.4. The van der Waals surface area contributed by atoms with Crippen molar-refractivity contribution < 1.29 is 28.7 Å². The minimum atomic E-state index is -0.853. The SMILES string of the molecule is COc1ccc(C(=O)Oc2ccccc2/C=C2/C(=O)NC(=O)N(c3ccc(Br)cc3)C2=O)cc1. The molecule has 1 aliphatic rings. The zero-order chi connectivity index (χ0) is 24.2. The summed E-state index contributed by atoms with van der Waals surface area (Å²) < 4.78 is 11.4. The number of benzene rings is 3. The van der Waals surface area contributed by atoms with Gasteiger partial charge in [0.1, 0.15) is 17.1 Å². The molecule has 3 aromatic carbocycles. The number of ether oxygens (including phenoxy) is 2. The van der Waals surface area contributed by atoms with Gasteiger partial charge in [0.15, 0.2) is 0 Å². The van der Waals surface area contributed by atoms with E-state index >= 15 is 0 Å². The highest BCUT2D eigenvalue weighted by Gasteiger charge is 2.37. The molecule has 1 fully saturated rings. The van der Waals surface area contributed by atoms with E-state index < -0.39 is 23.8 Å². The fourth-order valence-electron chi connectivity index (χ4n) is 3.22. The number of carbonyl (C=O) groups is 4. The monoisotopic (exact) mass is 520 g/mol. The van der Waals surface area contributed by atoms with Crippen LogP contribution in [-0.4, -0.2) is 30.9 Å². The van der Waals surface area contributed by atoms with Gasteiger partial charge in [-0.3, -0.25) is 14.9 Å². The Kier molecular flexibility index (Phi) is 6.55. The van der Waals surface area contributed by atoms with Crippen LogP contribution in [0.25, 0.3) is 6.08 Å². The number of nitrogens with zero attached hydrogens (tertiary/aromatic N) is 1. The molecule has 1 heterocycles. The molecule has 0 unspecified atom stereocenters. The van der Waals surface area contributed by atoms with Crippen LogP contribution >= 0.6 is 15.9 Å². The van der Waals surface area contributed by atoms with E-state index in [9.17, 15) is 19.2 Å². The number of hydrogen-bond acceptors (Lipinski definition) is 6. The zero-order valence-corrected chi connectivity index (χ0v) is 19.4. The van der Waals surface area contributed by atoms with Crippen LogP contribution in [0.4, 0.5) is 10.5 Å². The molecule has 0 saturated carbocycles. The van der Waals surface area contributed by atoms with Gasteiger partial charge in [0.25, 0.3) is 11.8 Å². The standard InChI is InChI=1S/C25H17BrN2O6/c1-33-19-12-6-15(7-13-19)24(31)34-21-5-3-2-4-16(21)14-20-22(29)27-25(32)28(23(20)30)18-10-8-17(26)9-11-18/h2-14H,1H3,(H,27,29,32)/b20-14-. The molecule has 0 atom stereocenters. The predicted molar refractivity (Wildman–Crippen MR) is 128 cm³/mol. The molecule has 4 amide bonds. The van der Waals surface area contributed by atoms with Gasteiger partial charge in [-0.25, -0.2) is 14.5 Å². The molecule has 8 nitrogen and oxygen atoms in total. The second kappa shape index (κ2) is 9.72. The number of hydrogen-bond donors (Lipinski definition) is 1. The van der Waals surface area contributed by atoms with Crippen molar-refractivity contribution in [3.63, 3.8) is 0 Å². The van der Waals surface area contributed by atoms with Crippen molar-refractivity contribution in [1.82, 2.24) is 5.32 Å². The van der Waals surface area contributed by atoms with E-state index in [0.29, 0.717) is 22.6 Å². The molecule has 170 valence electrons. The first-order chi connectivity index (χ1) is 16.4. The number of halogens is 1. The van der Waals surface area contributed by atoms with Crippen molar-refractivity contribution in [2.75, 3.05) is 12.0 Å². The van der Waals surface area contributed by atoms with Crippen molar-refractivity contribution in [3.05, 3.63) is 94.0 Å². The van der Waals surface area contributed by atoms with E-state index in [1.54, 1.807) is 66.7 Å². The Balaban J connectivity index is 1.64. The number of urea groups is 1. The van der Waals surface area contributed by atoms with Gasteiger partial charge in [-0.15, -0.1) is 0 Å². The minimum absolute atomic E-state index is 0.142. The van der Waals surface area contributed by atoms with Gasteiger partial charge >= 0.3 is 12.0 Å². The molecule has 0 spiro atoms. The van der Waals surface area contributed by atoms with Crippen LogP contribution in [0.3, 0.4) is 0 Å². The van der Waals surface area contributed by atoms with Crippen molar-refractivity contribution in [2.45, 2.75) is 0 Å². The van der Waals surface area contributed by atoms with E-state index in [0.717, 1.165) is 9.37 Å². The number of anilines is 1. The minimum Gasteiger partial charge on any atom is -0.497 e. The number of esters is 1. The number of carbonyl (C=O) groups excluding carboxylic acids is 4. The molecule has 3 aromatic rings. The molecule has 9 heteroatoms. The Morgan fingerprint density at radius 2 is 1.62 bits per heavy atom. The highest BCUT2D eigenvalue weighted by Crippen LogP contribution is 2.27. The molecule has 0 aromatic heterocycles. The lowest BCUT2D eigenvalue weighted by Gasteiger charge is -2.26. The smallest absolute Gasteiger partial charge is 0.343 e. The second-order valence-corrected chi connectivity index (χ2v) is 8.01. The molecule has 1 aliphatic heterocycles. The fraction of sp³-hybridized carbons (Fsp3) is 0.0400. The molecule has 0 bridgehead atoms. The molecular formula is C25H17BrN2O6. The summed E-state index contributed by atoms with van der Waals surface area (Å²) >= 11 is 3.30. The number of nitrogens with one attached hydrogen (secondary N) is 1. The summed E-state index contributed by atoms with van der Waals surface area (Å²) in [5.41, 5.74) is 0.619. The number of methoxy groups -OCH3 is 1. The summed E-state index contributed by atoms with van der Waals surface area (Å²) in [7, 11) is 1.52. The summed E-state index contributed by atoms with van der Waals surface area (Å²) in [5.74, 6) is -1.54. The van der Waals surface area contributed by atoms with Crippen LogP contribution in [-0.2, 0) is 9.59 Å². The maximum atomic E-state index is 13.1. The second-order valence-electron chi connectivity index (χ2n) is 7.09. The van der Waals surface area contributed by atoms with Crippen molar-refractivity contribution in [3.8, 4) is 11.5 Å². The van der Waals surface area contributed by atoms with Crippen LogP contribution in [0, 0.1) is 0 Å². The van der Waals surface area contributed by atoms with Gasteiger partial charge in [0.2, 0.25) is 0 Å². The highest BCUT2D eigenvalue weighted by molar-refractivity contribution is 9.10. The molecule has 1 N–H and O–H groups in total. The van der Waals surface area contributed by atoms with Crippen LogP contribution < -0.4 is 19.7 Å². The van der Waals surface area contributed by atoms with Gasteiger partial charge in [0.05, 0.1) is 18.4 Å². The third-order valence-electron chi connectivity index (χ3n) is 4.93. The summed E-state index contributed by atoms with van der Waals surface area (Å²) in [5, 5.41) is 2.17. The Bertz CT molecular complexity index is 1320. The van der Waals surface area contributed by atoms with Crippen molar-refractivity contribution >= 4 is 51.5 Å². The van der Waals surface area contributed by atoms with Gasteiger partial charge in [-0.05, 0) is 60.7 Å². The van der Waals surface area contributed by atoms with Gasteiger partial charge in [0, 0.05) is 10.0 Å². The first-order valence-corrected chi connectivity index (χ1v) is 10.8. The normalized spacial score (nSPS) is 14.7. The van der Waals surface area contributed by atoms with E-state index in [2.05, 4.69) is 21.2 Å². The lowest BCUT2D eigenvalue weighted by atomic mass is 10.1. The number of imide groups is 2. The van der Waals surface area contributed by atoms with Crippen LogP contribution in [0.2, 0.25) is 0 Å². The average Bonchev–Trinajstić information content (AvgIpc) is 2.84. The maximum absolute atomic E-state index is 13.1. The Hall–Kier alpha value is -4.24. The highest BCUT2D eigenvalue weighted by atomic mass is 79.9. The van der Waals surface area contributed by atoms with Crippen LogP contribution in [0.1, 0.15) is 15.9 Å². The van der Waals surface area contributed by atoms with E-state index in [1.165, 1.54) is 19.3 Å². The fourth-order valence-corrected chi connectivity index (χ4v) is 3.48. The summed E-state index contributed by atoms with van der Waals surface area (Å²) in [4.78, 5) is 51.4. The first kappa shape index (κ1) is 22.9. The lowest BCUT2D eigenvalue weighted by Crippen LogP contribution is -2.54. The molecule has 34 heavy (non-hydrogen) atoms. The first-order valence-electron chi connectivity index (χ1n) is 9.99. The predicted octanol–water partition coefficient (Wildman–Crippen LogP) is 4.34. The maximum Gasteiger partial charge on any atom is 0.343 e. The molecular weight excluding hydrogens is 504 g/mol. The Morgan fingerprint density at radius 3 is 2.29 bits per heavy atom. The third kappa shape index (κ3) is 4.74.